The van der Waals surface area contributed by atoms with Gasteiger partial charge in [0.1, 0.15) is 5.60 Å². The van der Waals surface area contributed by atoms with Crippen LogP contribution in [0.5, 0.6) is 0 Å². The highest BCUT2D eigenvalue weighted by Crippen LogP contribution is 2.12. The second-order valence-corrected chi connectivity index (χ2v) is 6.57. The first-order chi connectivity index (χ1) is 6.70. The molecule has 0 aliphatic carbocycles. The van der Waals surface area contributed by atoms with Crippen LogP contribution in [0.3, 0.4) is 0 Å². The van der Waals surface area contributed by atoms with Crippen LogP contribution in [0.2, 0.25) is 0 Å². The molecule has 2 unspecified atom stereocenters. The van der Waals surface area contributed by atoms with E-state index >= 15 is 0 Å². The molecule has 0 rings (SSSR count). The zero-order valence-corrected chi connectivity index (χ0v) is 11.8. The van der Waals surface area contributed by atoms with Crippen molar-refractivity contribution in [3.63, 3.8) is 0 Å². The topological polar surface area (TPSA) is 38.3 Å². The summed E-state index contributed by atoms with van der Waals surface area (Å²) in [4.78, 5) is 11.8. The number of halogens is 1. The van der Waals surface area contributed by atoms with E-state index in [9.17, 15) is 4.79 Å². The maximum atomic E-state index is 11.3. The average molecular weight is 280 g/mol. The maximum absolute atomic E-state index is 11.3. The third-order valence-electron chi connectivity index (χ3n) is 1.72. The monoisotopic (exact) mass is 279 g/mol. The van der Waals surface area contributed by atoms with Crippen molar-refractivity contribution in [1.29, 1.82) is 0 Å². The zero-order valence-electron chi connectivity index (χ0n) is 10.3. The van der Waals surface area contributed by atoms with Gasteiger partial charge in [0.2, 0.25) is 0 Å². The molecule has 0 saturated heterocycles. The van der Waals surface area contributed by atoms with Crippen LogP contribution in [0, 0.1) is 5.92 Å². The maximum Gasteiger partial charge on any atom is 0.407 e. The molecule has 2 atom stereocenters. The highest BCUT2D eigenvalue weighted by molar-refractivity contribution is 9.09. The Balaban J connectivity index is 3.72. The number of amides is 1. The number of carbonyl (C=O) groups excluding carboxylic acids is 1. The van der Waals surface area contributed by atoms with Crippen LogP contribution in [0.25, 0.3) is 0 Å². The van der Waals surface area contributed by atoms with Gasteiger partial charge in [-0.05, 0) is 33.1 Å². The Kier molecular flexibility index (Phi) is 6.25. The number of ether oxygens (including phenoxy) is 1. The molecular weight excluding hydrogens is 258 g/mol. The van der Waals surface area contributed by atoms with E-state index in [-0.39, 0.29) is 6.09 Å². The van der Waals surface area contributed by atoms with Crippen molar-refractivity contribution in [2.24, 2.45) is 5.92 Å². The minimum absolute atomic E-state index is 0.337. The van der Waals surface area contributed by atoms with E-state index < -0.39 is 5.60 Å². The van der Waals surface area contributed by atoms with Crippen molar-refractivity contribution in [3.8, 4) is 0 Å². The molecular formula is C11H22BrNO2. The third kappa shape index (κ3) is 10.0. The first-order valence-electron chi connectivity index (χ1n) is 5.31. The summed E-state index contributed by atoms with van der Waals surface area (Å²) in [5, 5.41) is 2.76. The standard InChI is InChI=1S/C11H22BrNO2/c1-8(6-9(2)12)7-13-10(14)15-11(3,4)5/h8-9H,6-7H2,1-5H3,(H,13,14). The van der Waals surface area contributed by atoms with Crippen molar-refractivity contribution < 1.29 is 9.53 Å². The van der Waals surface area contributed by atoms with E-state index in [2.05, 4.69) is 35.1 Å². The molecule has 3 nitrogen and oxygen atoms in total. The quantitative estimate of drug-likeness (QED) is 0.802. The van der Waals surface area contributed by atoms with Gasteiger partial charge in [0.15, 0.2) is 0 Å². The molecule has 0 aromatic carbocycles. The third-order valence-corrected chi connectivity index (χ3v) is 2.09. The van der Waals surface area contributed by atoms with Gasteiger partial charge in [-0.2, -0.15) is 0 Å². The van der Waals surface area contributed by atoms with Crippen molar-refractivity contribution in [1.82, 2.24) is 5.32 Å². The molecule has 1 amide bonds. The molecule has 90 valence electrons. The Morgan fingerprint density at radius 3 is 2.33 bits per heavy atom. The van der Waals surface area contributed by atoms with E-state index in [1.807, 2.05) is 20.8 Å². The van der Waals surface area contributed by atoms with Crippen molar-refractivity contribution in [2.75, 3.05) is 6.54 Å². The SMILES string of the molecule is CC(Br)CC(C)CNC(=O)OC(C)(C)C. The van der Waals surface area contributed by atoms with Crippen molar-refractivity contribution >= 4 is 22.0 Å². The lowest BCUT2D eigenvalue weighted by Gasteiger charge is -2.21. The van der Waals surface area contributed by atoms with Gasteiger partial charge in [0.25, 0.3) is 0 Å². The summed E-state index contributed by atoms with van der Waals surface area (Å²) in [6.07, 6.45) is 0.701. The summed E-state index contributed by atoms with van der Waals surface area (Å²) < 4.78 is 5.13. The van der Waals surface area contributed by atoms with Gasteiger partial charge in [-0.15, -0.1) is 0 Å². The summed E-state index contributed by atoms with van der Waals surface area (Å²) in [5.41, 5.74) is -0.421. The smallest absolute Gasteiger partial charge is 0.407 e. The molecule has 0 aromatic heterocycles. The predicted octanol–water partition coefficient (Wildman–Crippen LogP) is 3.32. The van der Waals surface area contributed by atoms with E-state index in [4.69, 9.17) is 4.74 Å². The number of nitrogens with one attached hydrogen (secondary N) is 1. The van der Waals surface area contributed by atoms with Crippen LogP contribution in [-0.4, -0.2) is 23.1 Å². The minimum atomic E-state index is -0.421. The van der Waals surface area contributed by atoms with E-state index in [1.54, 1.807) is 0 Å². The summed E-state index contributed by atoms with van der Waals surface area (Å²) in [5.74, 6) is 0.451. The molecule has 0 aromatic rings. The lowest BCUT2D eigenvalue weighted by Crippen LogP contribution is -2.35. The summed E-state index contributed by atoms with van der Waals surface area (Å²) in [6, 6.07) is 0. The minimum Gasteiger partial charge on any atom is -0.444 e. The summed E-state index contributed by atoms with van der Waals surface area (Å²) in [7, 11) is 0. The molecule has 0 fully saturated rings. The second-order valence-electron chi connectivity index (χ2n) is 5.00. The number of hydrogen-bond donors (Lipinski definition) is 1. The Morgan fingerprint density at radius 2 is 1.93 bits per heavy atom. The normalized spacial score (nSPS) is 15.6. The fourth-order valence-electron chi connectivity index (χ4n) is 1.21. The fourth-order valence-corrected chi connectivity index (χ4v) is 1.85. The molecule has 0 bridgehead atoms. The van der Waals surface area contributed by atoms with E-state index in [1.165, 1.54) is 0 Å². The van der Waals surface area contributed by atoms with Crippen LogP contribution in [0.1, 0.15) is 41.0 Å². The van der Waals surface area contributed by atoms with E-state index in [0.717, 1.165) is 6.42 Å². The summed E-state index contributed by atoms with van der Waals surface area (Å²) >= 11 is 3.49. The first-order valence-corrected chi connectivity index (χ1v) is 6.23. The number of alkyl carbamates (subject to hydrolysis) is 1. The second kappa shape index (κ2) is 6.36. The van der Waals surface area contributed by atoms with Crippen LogP contribution in [0.15, 0.2) is 0 Å². The van der Waals surface area contributed by atoms with Gasteiger partial charge >= 0.3 is 6.09 Å². The van der Waals surface area contributed by atoms with Crippen molar-refractivity contribution in [2.45, 2.75) is 51.5 Å². The molecule has 0 radical (unpaired) electrons. The Bertz CT molecular complexity index is 199. The molecule has 0 heterocycles. The van der Waals surface area contributed by atoms with Gasteiger partial charge in [-0.25, -0.2) is 4.79 Å². The van der Waals surface area contributed by atoms with Gasteiger partial charge in [0, 0.05) is 11.4 Å². The molecule has 0 saturated carbocycles. The highest BCUT2D eigenvalue weighted by atomic mass is 79.9. The molecule has 4 heteroatoms. The highest BCUT2D eigenvalue weighted by Gasteiger charge is 2.16. The largest absolute Gasteiger partial charge is 0.444 e. The Labute approximate surface area is 101 Å². The number of carbonyl (C=O) groups is 1. The van der Waals surface area contributed by atoms with E-state index in [0.29, 0.717) is 17.3 Å². The average Bonchev–Trinajstić information content (AvgIpc) is 1.96. The lowest BCUT2D eigenvalue weighted by atomic mass is 10.1. The van der Waals surface area contributed by atoms with Crippen LogP contribution < -0.4 is 5.32 Å². The molecule has 15 heavy (non-hydrogen) atoms. The summed E-state index contributed by atoms with van der Waals surface area (Å²) in [6.45, 7) is 10.4. The predicted molar refractivity (Wildman–Crippen MR) is 66.4 cm³/mol. The molecule has 1 N–H and O–H groups in total. The number of alkyl halides is 1. The van der Waals surface area contributed by atoms with Gasteiger partial charge in [-0.3, -0.25) is 0 Å². The fraction of sp³-hybridized carbons (Fsp3) is 0.909. The number of hydrogen-bond acceptors (Lipinski definition) is 2. The Morgan fingerprint density at radius 1 is 1.40 bits per heavy atom. The van der Waals surface area contributed by atoms with Gasteiger partial charge < -0.3 is 10.1 Å². The molecule has 0 aliphatic rings. The van der Waals surface area contributed by atoms with Gasteiger partial charge in [0.05, 0.1) is 0 Å². The van der Waals surface area contributed by atoms with Crippen molar-refractivity contribution in [3.05, 3.63) is 0 Å². The van der Waals surface area contributed by atoms with Crippen LogP contribution in [-0.2, 0) is 4.74 Å². The van der Waals surface area contributed by atoms with Crippen LogP contribution >= 0.6 is 15.9 Å². The lowest BCUT2D eigenvalue weighted by molar-refractivity contribution is 0.0520. The zero-order chi connectivity index (χ0) is 12.1. The Hall–Kier alpha value is -0.250. The molecule has 0 aliphatic heterocycles. The number of rotatable bonds is 4. The van der Waals surface area contributed by atoms with Gasteiger partial charge in [-0.1, -0.05) is 29.8 Å². The first kappa shape index (κ1) is 14.8. The van der Waals surface area contributed by atoms with Crippen LogP contribution in [0.4, 0.5) is 4.79 Å². The molecule has 0 spiro atoms.